The molecule has 0 saturated heterocycles. The van der Waals surface area contributed by atoms with Crippen LogP contribution in [0.5, 0.6) is 0 Å². The van der Waals surface area contributed by atoms with Crippen LogP contribution in [0.2, 0.25) is 0 Å². The van der Waals surface area contributed by atoms with Crippen molar-refractivity contribution < 1.29 is 9.90 Å². The molecule has 2 N–H and O–H groups in total. The van der Waals surface area contributed by atoms with Gasteiger partial charge in [-0.15, -0.1) is 0 Å². The summed E-state index contributed by atoms with van der Waals surface area (Å²) in [6.45, 7) is 11.7. The third kappa shape index (κ3) is 10.3. The fourth-order valence-corrected chi connectivity index (χ4v) is 1.65. The molecular formula is C14H29NO2. The Morgan fingerprint density at radius 1 is 1.24 bits per heavy atom. The Morgan fingerprint density at radius 3 is 2.29 bits per heavy atom. The standard InChI is InChI=1S/C14H29NO2/c1-11(13(16)17)7-6-8-12(2)15-10-9-14(3,4)5/h11-12,15H,6-10H2,1-5H3,(H,16,17). The summed E-state index contributed by atoms with van der Waals surface area (Å²) in [5, 5.41) is 12.3. The van der Waals surface area contributed by atoms with Crippen molar-refractivity contribution >= 4 is 5.97 Å². The van der Waals surface area contributed by atoms with Crippen molar-refractivity contribution in [3.63, 3.8) is 0 Å². The van der Waals surface area contributed by atoms with Crippen LogP contribution in [0.4, 0.5) is 0 Å². The molecule has 17 heavy (non-hydrogen) atoms. The van der Waals surface area contributed by atoms with Crippen LogP contribution >= 0.6 is 0 Å². The van der Waals surface area contributed by atoms with Gasteiger partial charge in [0.25, 0.3) is 0 Å². The van der Waals surface area contributed by atoms with Gasteiger partial charge in [-0.25, -0.2) is 0 Å². The van der Waals surface area contributed by atoms with E-state index in [0.29, 0.717) is 11.5 Å². The van der Waals surface area contributed by atoms with Gasteiger partial charge in [0.2, 0.25) is 0 Å². The van der Waals surface area contributed by atoms with Gasteiger partial charge in [0.15, 0.2) is 0 Å². The molecule has 102 valence electrons. The van der Waals surface area contributed by atoms with Gasteiger partial charge in [0.1, 0.15) is 0 Å². The first-order chi connectivity index (χ1) is 7.72. The molecule has 0 radical (unpaired) electrons. The monoisotopic (exact) mass is 243 g/mol. The second-order valence-electron chi connectivity index (χ2n) is 6.34. The number of hydrogen-bond acceptors (Lipinski definition) is 2. The summed E-state index contributed by atoms with van der Waals surface area (Å²) in [7, 11) is 0. The summed E-state index contributed by atoms with van der Waals surface area (Å²) >= 11 is 0. The normalized spacial score (nSPS) is 15.6. The third-order valence-electron chi connectivity index (χ3n) is 3.06. The minimum absolute atomic E-state index is 0.211. The molecule has 2 atom stereocenters. The lowest BCUT2D eigenvalue weighted by molar-refractivity contribution is -0.141. The van der Waals surface area contributed by atoms with Crippen LogP contribution in [-0.4, -0.2) is 23.7 Å². The molecule has 3 heteroatoms. The maximum Gasteiger partial charge on any atom is 0.306 e. The van der Waals surface area contributed by atoms with Crippen molar-refractivity contribution in [1.29, 1.82) is 0 Å². The zero-order valence-corrected chi connectivity index (χ0v) is 12.0. The SMILES string of the molecule is CC(CCCC(C)C(=O)O)NCCC(C)(C)C. The van der Waals surface area contributed by atoms with Crippen molar-refractivity contribution in [2.75, 3.05) is 6.54 Å². The van der Waals surface area contributed by atoms with Gasteiger partial charge in [-0.3, -0.25) is 4.79 Å². The minimum atomic E-state index is -0.682. The van der Waals surface area contributed by atoms with Crippen LogP contribution in [0.3, 0.4) is 0 Å². The predicted octanol–water partition coefficient (Wildman–Crippen LogP) is 3.29. The van der Waals surface area contributed by atoms with Gasteiger partial charge in [0, 0.05) is 6.04 Å². The second kappa shape index (κ2) is 7.70. The largest absolute Gasteiger partial charge is 0.481 e. The molecule has 0 spiro atoms. The molecule has 0 aliphatic rings. The van der Waals surface area contributed by atoms with Crippen LogP contribution in [0.15, 0.2) is 0 Å². The molecule has 0 aliphatic carbocycles. The maximum absolute atomic E-state index is 10.6. The number of nitrogens with one attached hydrogen (secondary N) is 1. The topological polar surface area (TPSA) is 49.3 Å². The summed E-state index contributed by atoms with van der Waals surface area (Å²) in [5.41, 5.74) is 0.380. The van der Waals surface area contributed by atoms with E-state index in [1.165, 1.54) is 6.42 Å². The zero-order chi connectivity index (χ0) is 13.5. The highest BCUT2D eigenvalue weighted by molar-refractivity contribution is 5.69. The molecule has 0 rings (SSSR count). The zero-order valence-electron chi connectivity index (χ0n) is 12.0. The molecule has 3 nitrogen and oxygen atoms in total. The average Bonchev–Trinajstić information content (AvgIpc) is 2.15. The van der Waals surface area contributed by atoms with Gasteiger partial charge in [-0.2, -0.15) is 0 Å². The lowest BCUT2D eigenvalue weighted by Gasteiger charge is -2.20. The van der Waals surface area contributed by atoms with E-state index in [2.05, 4.69) is 33.0 Å². The number of rotatable bonds is 8. The molecular weight excluding hydrogens is 214 g/mol. The highest BCUT2D eigenvalue weighted by Crippen LogP contribution is 2.17. The number of carbonyl (C=O) groups is 1. The van der Waals surface area contributed by atoms with Crippen LogP contribution in [0, 0.1) is 11.3 Å². The lowest BCUT2D eigenvalue weighted by atomic mass is 9.92. The molecule has 0 aromatic carbocycles. The third-order valence-corrected chi connectivity index (χ3v) is 3.06. The minimum Gasteiger partial charge on any atom is -0.481 e. The van der Waals surface area contributed by atoms with Gasteiger partial charge in [-0.05, 0) is 38.1 Å². The van der Waals surface area contributed by atoms with E-state index in [1.54, 1.807) is 6.92 Å². The van der Waals surface area contributed by atoms with E-state index >= 15 is 0 Å². The molecule has 2 unspecified atom stereocenters. The van der Waals surface area contributed by atoms with E-state index in [9.17, 15) is 4.79 Å². The number of hydrogen-bond donors (Lipinski definition) is 2. The highest BCUT2D eigenvalue weighted by atomic mass is 16.4. The Balaban J connectivity index is 3.53. The number of carboxylic acids is 1. The maximum atomic E-state index is 10.6. The Kier molecular flexibility index (Phi) is 7.44. The predicted molar refractivity (Wildman–Crippen MR) is 72.2 cm³/mol. The van der Waals surface area contributed by atoms with Gasteiger partial charge in [0.05, 0.1) is 5.92 Å². The molecule has 0 bridgehead atoms. The Bertz CT molecular complexity index is 221. The Morgan fingerprint density at radius 2 is 1.82 bits per heavy atom. The molecule has 0 saturated carbocycles. The van der Waals surface area contributed by atoms with Crippen molar-refractivity contribution in [1.82, 2.24) is 5.32 Å². The smallest absolute Gasteiger partial charge is 0.306 e. The molecule has 0 amide bonds. The molecule has 0 aliphatic heterocycles. The summed E-state index contributed by atoms with van der Waals surface area (Å²) in [6, 6.07) is 0.485. The quantitative estimate of drug-likeness (QED) is 0.687. The van der Waals surface area contributed by atoms with Crippen molar-refractivity contribution in [2.24, 2.45) is 11.3 Å². The first-order valence-electron chi connectivity index (χ1n) is 6.68. The molecule has 0 aromatic heterocycles. The van der Waals surface area contributed by atoms with Crippen molar-refractivity contribution in [2.45, 2.75) is 66.3 Å². The fourth-order valence-electron chi connectivity index (χ4n) is 1.65. The van der Waals surface area contributed by atoms with E-state index in [4.69, 9.17) is 5.11 Å². The first-order valence-corrected chi connectivity index (χ1v) is 6.68. The van der Waals surface area contributed by atoms with E-state index in [1.807, 2.05) is 0 Å². The van der Waals surface area contributed by atoms with Crippen molar-refractivity contribution in [3.8, 4) is 0 Å². The first kappa shape index (κ1) is 16.4. The molecule has 0 aromatic rings. The second-order valence-corrected chi connectivity index (χ2v) is 6.34. The van der Waals surface area contributed by atoms with Crippen molar-refractivity contribution in [3.05, 3.63) is 0 Å². The highest BCUT2D eigenvalue weighted by Gasteiger charge is 2.12. The van der Waals surface area contributed by atoms with Crippen LogP contribution in [0.1, 0.15) is 60.3 Å². The van der Waals surface area contributed by atoms with Gasteiger partial charge in [-0.1, -0.05) is 34.1 Å². The van der Waals surface area contributed by atoms with Crippen LogP contribution in [-0.2, 0) is 4.79 Å². The van der Waals surface area contributed by atoms with Crippen LogP contribution in [0.25, 0.3) is 0 Å². The molecule has 0 heterocycles. The summed E-state index contributed by atoms with van der Waals surface area (Å²) < 4.78 is 0. The van der Waals surface area contributed by atoms with E-state index in [0.717, 1.165) is 25.8 Å². The average molecular weight is 243 g/mol. The molecule has 0 fully saturated rings. The summed E-state index contributed by atoms with van der Waals surface area (Å²) in [5.74, 6) is -0.893. The van der Waals surface area contributed by atoms with Gasteiger partial charge >= 0.3 is 5.97 Å². The number of carboxylic acid groups (broad SMARTS) is 1. The summed E-state index contributed by atoms with van der Waals surface area (Å²) in [4.78, 5) is 10.6. The van der Waals surface area contributed by atoms with E-state index < -0.39 is 5.97 Å². The van der Waals surface area contributed by atoms with Crippen LogP contribution < -0.4 is 5.32 Å². The fraction of sp³-hybridized carbons (Fsp3) is 0.929. The Labute approximate surface area is 106 Å². The number of aliphatic carboxylic acids is 1. The summed E-state index contributed by atoms with van der Waals surface area (Å²) in [6.07, 6.45) is 3.99. The van der Waals surface area contributed by atoms with Gasteiger partial charge < -0.3 is 10.4 Å². The lowest BCUT2D eigenvalue weighted by Crippen LogP contribution is -2.29. The Hall–Kier alpha value is -0.570. The van der Waals surface area contributed by atoms with E-state index in [-0.39, 0.29) is 5.92 Å².